The largest absolute Gasteiger partial charge is 0.496 e. The lowest BCUT2D eigenvalue weighted by Crippen LogP contribution is -2.48. The third-order valence-corrected chi connectivity index (χ3v) is 6.07. The van der Waals surface area contributed by atoms with Crippen LogP contribution in [-0.4, -0.2) is 43.5 Å². The number of rotatable bonds is 10. The zero-order valence-electron chi connectivity index (χ0n) is 16.9. The van der Waals surface area contributed by atoms with Crippen molar-refractivity contribution in [2.24, 2.45) is 0 Å². The number of benzene rings is 2. The molecule has 2 N–H and O–H groups in total. The molecular weight excluding hydrogens is 384 g/mol. The molecule has 1 atom stereocenters. The average Bonchev–Trinajstić information content (AvgIpc) is 3.56. The topological polar surface area (TPSA) is 67.4 Å². The fourth-order valence-corrected chi connectivity index (χ4v) is 3.93. The Hall–Kier alpha value is -2.47. The molecule has 0 spiro atoms. The van der Waals surface area contributed by atoms with Crippen molar-refractivity contribution >= 4 is 23.6 Å². The second-order valence-corrected chi connectivity index (χ2v) is 8.36. The Morgan fingerprint density at radius 2 is 1.79 bits per heavy atom. The van der Waals surface area contributed by atoms with Crippen molar-refractivity contribution in [3.63, 3.8) is 0 Å². The lowest BCUT2D eigenvalue weighted by Gasteiger charge is -2.22. The summed E-state index contributed by atoms with van der Waals surface area (Å²) in [7, 11) is 1.53. The fourth-order valence-electron chi connectivity index (χ4n) is 3.46. The molecule has 0 heterocycles. The van der Waals surface area contributed by atoms with Gasteiger partial charge in [-0.2, -0.15) is 11.8 Å². The second-order valence-electron chi connectivity index (χ2n) is 7.37. The molecule has 0 radical (unpaired) electrons. The van der Waals surface area contributed by atoms with Crippen molar-refractivity contribution in [3.8, 4) is 5.75 Å². The number of carbonyl (C=O) groups excluding carboxylic acids is 2. The van der Waals surface area contributed by atoms with E-state index in [0.29, 0.717) is 24.3 Å². The van der Waals surface area contributed by atoms with Crippen LogP contribution in [0.25, 0.3) is 0 Å². The van der Waals surface area contributed by atoms with Gasteiger partial charge >= 0.3 is 0 Å². The first-order valence-corrected chi connectivity index (χ1v) is 11.2. The van der Waals surface area contributed by atoms with Gasteiger partial charge in [-0.25, -0.2) is 0 Å². The van der Waals surface area contributed by atoms with E-state index in [2.05, 4.69) is 22.8 Å². The minimum absolute atomic E-state index is 0.0354. The van der Waals surface area contributed by atoms with Gasteiger partial charge in [0.05, 0.1) is 12.7 Å². The molecule has 1 aliphatic rings. The highest BCUT2D eigenvalue weighted by molar-refractivity contribution is 7.98. The summed E-state index contributed by atoms with van der Waals surface area (Å²) in [6.07, 6.45) is 4.71. The molecule has 0 saturated heterocycles. The van der Waals surface area contributed by atoms with Crippen LogP contribution in [0.1, 0.15) is 35.2 Å². The van der Waals surface area contributed by atoms with Gasteiger partial charge in [0.1, 0.15) is 11.8 Å². The van der Waals surface area contributed by atoms with Crippen LogP contribution in [0.15, 0.2) is 54.6 Å². The molecule has 1 unspecified atom stereocenters. The number of nitrogens with one attached hydrogen (secondary N) is 2. The maximum absolute atomic E-state index is 12.9. The number of amides is 2. The summed E-state index contributed by atoms with van der Waals surface area (Å²) in [5, 5.41) is 5.98. The number of methoxy groups -OCH3 is 1. The molecule has 6 heteroatoms. The highest BCUT2D eigenvalue weighted by Crippen LogP contribution is 2.47. The number of hydrogen-bond acceptors (Lipinski definition) is 4. The summed E-state index contributed by atoms with van der Waals surface area (Å²) in [5.74, 6) is 0.848. The van der Waals surface area contributed by atoms with E-state index in [1.54, 1.807) is 30.0 Å². The van der Waals surface area contributed by atoms with Gasteiger partial charge in [-0.3, -0.25) is 9.59 Å². The van der Waals surface area contributed by atoms with Crippen LogP contribution in [0.5, 0.6) is 5.75 Å². The number of para-hydroxylation sites is 1. The van der Waals surface area contributed by atoms with E-state index in [4.69, 9.17) is 4.74 Å². The molecule has 154 valence electrons. The highest BCUT2D eigenvalue weighted by atomic mass is 32.2. The molecule has 1 saturated carbocycles. The predicted octanol–water partition coefficient (Wildman–Crippen LogP) is 3.39. The van der Waals surface area contributed by atoms with Crippen molar-refractivity contribution in [3.05, 3.63) is 65.7 Å². The lowest BCUT2D eigenvalue weighted by molar-refractivity contribution is -0.123. The maximum Gasteiger partial charge on any atom is 0.255 e. The number of thioether (sulfide) groups is 1. The van der Waals surface area contributed by atoms with E-state index in [1.165, 1.54) is 12.7 Å². The van der Waals surface area contributed by atoms with Crippen molar-refractivity contribution in [2.45, 2.75) is 30.7 Å². The van der Waals surface area contributed by atoms with Crippen LogP contribution in [-0.2, 0) is 10.2 Å². The normalized spacial score (nSPS) is 15.2. The summed E-state index contributed by atoms with van der Waals surface area (Å²) in [6, 6.07) is 16.8. The van der Waals surface area contributed by atoms with Crippen LogP contribution in [0, 0.1) is 0 Å². The lowest BCUT2D eigenvalue weighted by atomic mass is 9.96. The molecule has 0 aliphatic heterocycles. The van der Waals surface area contributed by atoms with Crippen molar-refractivity contribution in [1.82, 2.24) is 10.6 Å². The van der Waals surface area contributed by atoms with Gasteiger partial charge in [0.2, 0.25) is 5.91 Å². The van der Waals surface area contributed by atoms with E-state index in [0.717, 1.165) is 18.6 Å². The molecule has 2 amide bonds. The number of ether oxygens (including phenoxy) is 1. The molecule has 3 rings (SSSR count). The van der Waals surface area contributed by atoms with E-state index >= 15 is 0 Å². The summed E-state index contributed by atoms with van der Waals surface area (Å²) >= 11 is 1.65. The molecule has 2 aromatic carbocycles. The van der Waals surface area contributed by atoms with Crippen molar-refractivity contribution in [1.29, 1.82) is 0 Å². The summed E-state index contributed by atoms with van der Waals surface area (Å²) < 4.78 is 5.27. The Morgan fingerprint density at radius 1 is 1.10 bits per heavy atom. The Bertz CT molecular complexity index is 837. The van der Waals surface area contributed by atoms with Crippen LogP contribution in [0.2, 0.25) is 0 Å². The molecular formula is C23H28N2O3S. The molecule has 1 aliphatic carbocycles. The smallest absolute Gasteiger partial charge is 0.255 e. The Balaban J connectivity index is 1.65. The average molecular weight is 413 g/mol. The SMILES string of the molecule is COc1ccccc1C(=O)NC(CCSC)C(=O)NCC1(c2ccccc2)CC1. The molecule has 0 aromatic heterocycles. The van der Waals surface area contributed by atoms with E-state index in [1.807, 2.05) is 30.5 Å². The fraction of sp³-hybridized carbons (Fsp3) is 0.391. The molecule has 2 aromatic rings. The zero-order chi connectivity index (χ0) is 20.7. The number of carbonyl (C=O) groups is 2. The minimum atomic E-state index is -0.577. The third kappa shape index (κ3) is 5.32. The van der Waals surface area contributed by atoms with E-state index in [-0.39, 0.29) is 17.2 Å². The number of hydrogen-bond donors (Lipinski definition) is 2. The Labute approximate surface area is 176 Å². The van der Waals surface area contributed by atoms with E-state index in [9.17, 15) is 9.59 Å². The van der Waals surface area contributed by atoms with Crippen molar-refractivity contribution in [2.75, 3.05) is 25.7 Å². The van der Waals surface area contributed by atoms with Gasteiger partial charge in [-0.1, -0.05) is 42.5 Å². The molecule has 5 nitrogen and oxygen atoms in total. The van der Waals surface area contributed by atoms with Gasteiger partial charge in [0.25, 0.3) is 5.91 Å². The van der Waals surface area contributed by atoms with Gasteiger partial charge in [0.15, 0.2) is 0 Å². The summed E-state index contributed by atoms with van der Waals surface area (Å²) in [4.78, 5) is 25.7. The van der Waals surface area contributed by atoms with Crippen LogP contribution in [0.4, 0.5) is 0 Å². The standard InChI is InChI=1S/C23H28N2O3S/c1-28-20-11-7-6-10-18(20)21(26)25-19(12-15-29-2)22(27)24-16-23(13-14-23)17-8-4-3-5-9-17/h3-11,19H,12-16H2,1-2H3,(H,24,27)(H,25,26). The van der Waals surface area contributed by atoms with Crippen LogP contribution >= 0.6 is 11.8 Å². The predicted molar refractivity (Wildman–Crippen MR) is 118 cm³/mol. The van der Waals surface area contributed by atoms with Crippen LogP contribution < -0.4 is 15.4 Å². The summed E-state index contributed by atoms with van der Waals surface area (Å²) in [6.45, 7) is 0.593. The van der Waals surface area contributed by atoms with Crippen LogP contribution in [0.3, 0.4) is 0 Å². The first kappa shape index (κ1) is 21.2. The molecule has 0 bridgehead atoms. The monoisotopic (exact) mass is 412 g/mol. The van der Waals surface area contributed by atoms with Gasteiger partial charge in [-0.05, 0) is 49.0 Å². The van der Waals surface area contributed by atoms with E-state index < -0.39 is 6.04 Å². The quantitative estimate of drug-likeness (QED) is 0.628. The second kappa shape index (κ2) is 9.83. The highest BCUT2D eigenvalue weighted by Gasteiger charge is 2.44. The third-order valence-electron chi connectivity index (χ3n) is 5.42. The zero-order valence-corrected chi connectivity index (χ0v) is 17.8. The Morgan fingerprint density at radius 3 is 2.45 bits per heavy atom. The molecule has 29 heavy (non-hydrogen) atoms. The molecule has 1 fully saturated rings. The minimum Gasteiger partial charge on any atom is -0.496 e. The van der Waals surface area contributed by atoms with Crippen molar-refractivity contribution < 1.29 is 14.3 Å². The Kier molecular flexibility index (Phi) is 7.20. The van der Waals surface area contributed by atoms with Gasteiger partial charge in [0, 0.05) is 12.0 Å². The first-order valence-electron chi connectivity index (χ1n) is 9.86. The maximum atomic E-state index is 12.9. The summed E-state index contributed by atoms with van der Waals surface area (Å²) in [5.41, 5.74) is 1.73. The first-order chi connectivity index (χ1) is 14.1. The van der Waals surface area contributed by atoms with Gasteiger partial charge < -0.3 is 15.4 Å². The van der Waals surface area contributed by atoms with Gasteiger partial charge in [-0.15, -0.1) is 0 Å².